The Kier molecular flexibility index (Phi) is 5.57. The van der Waals surface area contributed by atoms with Crippen molar-refractivity contribution in [1.29, 1.82) is 0 Å². The van der Waals surface area contributed by atoms with Crippen molar-refractivity contribution >= 4 is 12.0 Å². The molecule has 3 atom stereocenters. The Labute approximate surface area is 168 Å². The average Bonchev–Trinajstić information content (AvgIpc) is 2.99. The van der Waals surface area contributed by atoms with Crippen molar-refractivity contribution in [1.82, 2.24) is 15.2 Å². The highest BCUT2D eigenvalue weighted by Gasteiger charge is 2.49. The van der Waals surface area contributed by atoms with Crippen LogP contribution >= 0.6 is 0 Å². The quantitative estimate of drug-likeness (QED) is 0.734. The molecule has 7 nitrogen and oxygen atoms in total. The molecule has 3 N–H and O–H groups in total. The second-order valence-corrected chi connectivity index (χ2v) is 8.25. The molecule has 0 aliphatic carbocycles. The number of hydrogen-bond acceptors (Lipinski definition) is 4. The molecule has 1 aliphatic rings. The van der Waals surface area contributed by atoms with E-state index in [-0.39, 0.29) is 17.9 Å². The summed E-state index contributed by atoms with van der Waals surface area (Å²) >= 11 is 0. The number of carboxylic acid groups (broad SMARTS) is 1. The molecule has 0 spiro atoms. The number of aromatic nitrogens is 1. The van der Waals surface area contributed by atoms with Crippen molar-refractivity contribution in [3.05, 3.63) is 54.0 Å². The van der Waals surface area contributed by atoms with Gasteiger partial charge in [-0.2, -0.15) is 0 Å². The minimum Gasteiger partial charge on any atom is -0.465 e. The van der Waals surface area contributed by atoms with Gasteiger partial charge in [-0.25, -0.2) is 9.18 Å². The third kappa shape index (κ3) is 4.37. The fraction of sp³-hybridized carbons (Fsp3) is 0.381. The molecule has 1 fully saturated rings. The Balaban J connectivity index is 1.79. The fourth-order valence-electron chi connectivity index (χ4n) is 3.79. The van der Waals surface area contributed by atoms with Crippen LogP contribution in [0.1, 0.15) is 31.1 Å². The number of rotatable bonds is 3. The van der Waals surface area contributed by atoms with Gasteiger partial charge in [-0.15, -0.1) is 0 Å². The molecule has 1 aromatic heterocycles. The number of likely N-dealkylation sites (tertiary alicyclic amines) is 1. The van der Waals surface area contributed by atoms with E-state index >= 15 is 0 Å². The smallest absolute Gasteiger partial charge is 0.407 e. The van der Waals surface area contributed by atoms with Crippen molar-refractivity contribution in [3.63, 3.8) is 0 Å². The topological polar surface area (TPSA) is 103 Å². The highest BCUT2D eigenvalue weighted by Crippen LogP contribution is 2.33. The summed E-state index contributed by atoms with van der Waals surface area (Å²) in [6, 6.07) is 7.82. The van der Waals surface area contributed by atoms with Crippen LogP contribution in [-0.4, -0.2) is 56.8 Å². The van der Waals surface area contributed by atoms with Gasteiger partial charge in [-0.3, -0.25) is 9.78 Å². The van der Waals surface area contributed by atoms with E-state index in [0.29, 0.717) is 11.3 Å². The largest absolute Gasteiger partial charge is 0.465 e. The Bertz CT molecular complexity index is 911. The van der Waals surface area contributed by atoms with E-state index in [1.165, 1.54) is 23.2 Å². The number of benzene rings is 1. The molecule has 0 bridgehead atoms. The highest BCUT2D eigenvalue weighted by atomic mass is 19.1. The van der Waals surface area contributed by atoms with Crippen molar-refractivity contribution < 1.29 is 24.2 Å². The van der Waals surface area contributed by atoms with Gasteiger partial charge in [0.05, 0.1) is 36.0 Å². The second-order valence-electron chi connectivity index (χ2n) is 8.25. The number of aliphatic hydroxyl groups is 1. The Morgan fingerprint density at radius 2 is 1.97 bits per heavy atom. The van der Waals surface area contributed by atoms with E-state index in [9.17, 15) is 24.2 Å². The fourth-order valence-corrected chi connectivity index (χ4v) is 3.79. The summed E-state index contributed by atoms with van der Waals surface area (Å²) in [7, 11) is 0. The van der Waals surface area contributed by atoms with Gasteiger partial charge in [0.2, 0.25) is 0 Å². The van der Waals surface area contributed by atoms with Crippen LogP contribution in [-0.2, 0) is 0 Å². The molecule has 2 aromatic rings. The Morgan fingerprint density at radius 1 is 1.24 bits per heavy atom. The molecule has 0 saturated carbocycles. The van der Waals surface area contributed by atoms with Gasteiger partial charge in [0.1, 0.15) is 5.82 Å². The summed E-state index contributed by atoms with van der Waals surface area (Å²) in [4.78, 5) is 29.7. The van der Waals surface area contributed by atoms with Crippen LogP contribution in [0, 0.1) is 11.2 Å². The SMILES string of the molecule is CC(C)(C)C1C(NC(=O)c2ccc(-c3cccc(F)c3)nc2)C(O)CN1C(=O)O. The monoisotopic (exact) mass is 401 g/mol. The standard InChI is InChI=1S/C21H24FN3O4/c1-21(2,3)18-17(16(26)11-25(18)20(28)29)24-19(27)13-7-8-15(23-10-13)12-5-4-6-14(22)9-12/h4-10,16-18,26H,11H2,1-3H3,(H,24,27)(H,28,29). The number of amides is 2. The highest BCUT2D eigenvalue weighted by molar-refractivity contribution is 5.94. The molecule has 0 radical (unpaired) electrons. The molecule has 154 valence electrons. The minimum absolute atomic E-state index is 0.0705. The summed E-state index contributed by atoms with van der Waals surface area (Å²) in [6.45, 7) is 5.51. The van der Waals surface area contributed by atoms with Gasteiger partial charge in [0.25, 0.3) is 5.91 Å². The molecule has 3 unspecified atom stereocenters. The molecule has 1 aromatic carbocycles. The predicted octanol–water partition coefficient (Wildman–Crippen LogP) is 2.76. The van der Waals surface area contributed by atoms with Crippen molar-refractivity contribution in [3.8, 4) is 11.3 Å². The van der Waals surface area contributed by atoms with Crippen LogP contribution in [0.15, 0.2) is 42.6 Å². The van der Waals surface area contributed by atoms with Crippen LogP contribution in [0.2, 0.25) is 0 Å². The molecule has 2 heterocycles. The summed E-state index contributed by atoms with van der Waals surface area (Å²) < 4.78 is 13.4. The zero-order valence-electron chi connectivity index (χ0n) is 16.5. The van der Waals surface area contributed by atoms with Gasteiger partial charge in [0.15, 0.2) is 0 Å². The number of halogens is 1. The third-order valence-electron chi connectivity index (χ3n) is 5.05. The van der Waals surface area contributed by atoms with Crippen LogP contribution in [0.3, 0.4) is 0 Å². The molecule has 8 heteroatoms. The van der Waals surface area contributed by atoms with E-state index in [1.807, 2.05) is 20.8 Å². The van der Waals surface area contributed by atoms with Crippen LogP contribution in [0.5, 0.6) is 0 Å². The molecular weight excluding hydrogens is 377 g/mol. The van der Waals surface area contributed by atoms with E-state index in [4.69, 9.17) is 0 Å². The summed E-state index contributed by atoms with van der Waals surface area (Å²) in [5.41, 5.74) is 0.881. The Hall–Kier alpha value is -3.00. The maximum absolute atomic E-state index is 13.4. The first-order valence-corrected chi connectivity index (χ1v) is 9.28. The zero-order chi connectivity index (χ0) is 21.3. The lowest BCUT2D eigenvalue weighted by Gasteiger charge is -2.37. The number of pyridine rings is 1. The second kappa shape index (κ2) is 7.79. The van der Waals surface area contributed by atoms with E-state index < -0.39 is 35.6 Å². The normalized spacial score (nSPS) is 21.8. The average molecular weight is 401 g/mol. The number of hydrogen-bond donors (Lipinski definition) is 3. The summed E-state index contributed by atoms with van der Waals surface area (Å²) in [5, 5.41) is 22.6. The maximum atomic E-state index is 13.4. The first-order chi connectivity index (χ1) is 13.6. The lowest BCUT2D eigenvalue weighted by molar-refractivity contribution is 0.0784. The van der Waals surface area contributed by atoms with E-state index in [0.717, 1.165) is 0 Å². The van der Waals surface area contributed by atoms with Gasteiger partial charge < -0.3 is 20.4 Å². The number of carbonyl (C=O) groups is 2. The number of β-amino-alcohol motifs (C(OH)–C–C–N with tert-alkyl or cyclic N) is 1. The molecule has 3 rings (SSSR count). The lowest BCUT2D eigenvalue weighted by atomic mass is 9.82. The number of nitrogens with zero attached hydrogens (tertiary/aromatic N) is 2. The summed E-state index contributed by atoms with van der Waals surface area (Å²) in [6.07, 6.45) is -0.779. The van der Waals surface area contributed by atoms with E-state index in [1.54, 1.807) is 24.3 Å². The molecule has 29 heavy (non-hydrogen) atoms. The third-order valence-corrected chi connectivity index (χ3v) is 5.05. The lowest BCUT2D eigenvalue weighted by Crippen LogP contribution is -2.54. The van der Waals surface area contributed by atoms with Gasteiger partial charge in [-0.05, 0) is 29.7 Å². The predicted molar refractivity (Wildman–Crippen MR) is 105 cm³/mol. The molecule has 1 aliphatic heterocycles. The van der Waals surface area contributed by atoms with Crippen LogP contribution in [0.25, 0.3) is 11.3 Å². The van der Waals surface area contributed by atoms with Crippen LogP contribution in [0.4, 0.5) is 9.18 Å². The molecule has 1 saturated heterocycles. The number of carbonyl (C=O) groups excluding carboxylic acids is 1. The first-order valence-electron chi connectivity index (χ1n) is 9.28. The maximum Gasteiger partial charge on any atom is 0.407 e. The van der Waals surface area contributed by atoms with Crippen molar-refractivity contribution in [2.45, 2.75) is 39.0 Å². The Morgan fingerprint density at radius 3 is 2.52 bits per heavy atom. The molecule has 2 amide bonds. The van der Waals surface area contributed by atoms with Gasteiger partial charge >= 0.3 is 6.09 Å². The van der Waals surface area contributed by atoms with E-state index in [2.05, 4.69) is 10.3 Å². The zero-order valence-corrected chi connectivity index (χ0v) is 16.5. The van der Waals surface area contributed by atoms with Crippen molar-refractivity contribution in [2.24, 2.45) is 5.41 Å². The number of aliphatic hydroxyl groups excluding tert-OH is 1. The first kappa shape index (κ1) is 20.7. The van der Waals surface area contributed by atoms with Gasteiger partial charge in [-0.1, -0.05) is 32.9 Å². The summed E-state index contributed by atoms with van der Waals surface area (Å²) in [5.74, 6) is -0.841. The van der Waals surface area contributed by atoms with Gasteiger partial charge in [0, 0.05) is 11.8 Å². The van der Waals surface area contributed by atoms with Crippen molar-refractivity contribution in [2.75, 3.05) is 6.54 Å². The number of nitrogens with one attached hydrogen (secondary N) is 1. The molecular formula is C21H24FN3O4. The minimum atomic E-state index is -1.14. The van der Waals surface area contributed by atoms with Crippen LogP contribution < -0.4 is 5.32 Å².